The fourth-order valence-corrected chi connectivity index (χ4v) is 2.37. The molecule has 0 aliphatic carbocycles. The molecule has 2 aliphatic heterocycles. The topological polar surface area (TPSA) is 48.5 Å². The van der Waals surface area contributed by atoms with E-state index in [9.17, 15) is 4.79 Å². The van der Waals surface area contributed by atoms with Gasteiger partial charge in [-0.15, -0.1) is 0 Å². The molecule has 84 valence electrons. The molecule has 0 bridgehead atoms. The maximum absolute atomic E-state index is 11.9. The number of carbonyl (C=O) groups excluding carboxylic acids is 1. The molecule has 1 unspecified atom stereocenters. The van der Waals surface area contributed by atoms with Crippen molar-refractivity contribution in [2.45, 2.75) is 6.04 Å². The van der Waals surface area contributed by atoms with Crippen molar-refractivity contribution >= 4 is 17.3 Å². The van der Waals surface area contributed by atoms with Crippen LogP contribution < -0.4 is 10.2 Å². The molecule has 0 radical (unpaired) electrons. The molecule has 0 saturated carbocycles. The van der Waals surface area contributed by atoms with Crippen LogP contribution in [0.25, 0.3) is 0 Å². The quantitative estimate of drug-likeness (QED) is 0.673. The first-order valence-corrected chi connectivity index (χ1v) is 5.46. The second kappa shape index (κ2) is 3.45. The molecule has 3 rings (SSSR count). The summed E-state index contributed by atoms with van der Waals surface area (Å²) in [6.45, 7) is 2.64. The van der Waals surface area contributed by atoms with Crippen LogP contribution in [0.1, 0.15) is 0 Å². The monoisotopic (exact) mass is 218 g/mol. The first-order valence-electron chi connectivity index (χ1n) is 5.46. The predicted octanol–water partition coefficient (Wildman–Crippen LogP) is 0.154. The molecule has 1 atom stereocenters. The van der Waals surface area contributed by atoms with Gasteiger partial charge in [-0.2, -0.15) is 0 Å². The summed E-state index contributed by atoms with van der Waals surface area (Å²) >= 11 is 0. The number of pyridine rings is 1. The maximum atomic E-state index is 11.9. The summed E-state index contributed by atoms with van der Waals surface area (Å²) in [4.78, 5) is 20.4. The van der Waals surface area contributed by atoms with Crippen LogP contribution in [-0.4, -0.2) is 48.5 Å². The maximum Gasteiger partial charge on any atom is 0.248 e. The van der Waals surface area contributed by atoms with Gasteiger partial charge in [0.15, 0.2) is 0 Å². The van der Waals surface area contributed by atoms with E-state index >= 15 is 0 Å². The molecular weight excluding hydrogens is 204 g/mol. The molecule has 1 saturated heterocycles. The number of rotatable bonds is 0. The number of nitrogens with zero attached hydrogens (tertiary/aromatic N) is 3. The average Bonchev–Trinajstić information content (AvgIpc) is 2.29. The number of hydrogen-bond acceptors (Lipinski definition) is 4. The molecule has 1 amide bonds. The predicted molar refractivity (Wildman–Crippen MR) is 61.5 cm³/mol. The number of piperazine rings is 1. The van der Waals surface area contributed by atoms with Crippen LogP contribution in [-0.2, 0) is 4.79 Å². The van der Waals surface area contributed by atoms with Crippen LogP contribution in [0.5, 0.6) is 0 Å². The molecule has 1 aromatic rings. The highest BCUT2D eigenvalue weighted by atomic mass is 16.2. The van der Waals surface area contributed by atoms with E-state index < -0.39 is 0 Å². The van der Waals surface area contributed by atoms with Gasteiger partial charge < -0.3 is 15.1 Å². The minimum atomic E-state index is -0.0737. The summed E-state index contributed by atoms with van der Waals surface area (Å²) in [5.41, 5.74) is 1.92. The van der Waals surface area contributed by atoms with Crippen LogP contribution in [0.15, 0.2) is 18.5 Å². The average molecular weight is 218 g/mol. The molecule has 0 spiro atoms. The van der Waals surface area contributed by atoms with Gasteiger partial charge in [-0.05, 0) is 13.1 Å². The molecule has 5 heteroatoms. The zero-order valence-electron chi connectivity index (χ0n) is 9.18. The van der Waals surface area contributed by atoms with E-state index in [0.29, 0.717) is 0 Å². The highest BCUT2D eigenvalue weighted by molar-refractivity contribution is 6.03. The zero-order chi connectivity index (χ0) is 11.1. The van der Waals surface area contributed by atoms with E-state index in [0.717, 1.165) is 31.0 Å². The lowest BCUT2D eigenvalue weighted by Gasteiger charge is -2.43. The Kier molecular flexibility index (Phi) is 2.07. The van der Waals surface area contributed by atoms with Crippen LogP contribution in [0.2, 0.25) is 0 Å². The van der Waals surface area contributed by atoms with Crippen molar-refractivity contribution in [3.05, 3.63) is 18.5 Å². The van der Waals surface area contributed by atoms with E-state index in [2.05, 4.69) is 20.1 Å². The molecule has 0 aromatic carbocycles. The van der Waals surface area contributed by atoms with E-state index in [-0.39, 0.29) is 11.9 Å². The molecule has 1 fully saturated rings. The number of anilines is 2. The van der Waals surface area contributed by atoms with Gasteiger partial charge in [-0.25, -0.2) is 0 Å². The van der Waals surface area contributed by atoms with Crippen molar-refractivity contribution in [1.82, 2.24) is 9.88 Å². The highest BCUT2D eigenvalue weighted by Gasteiger charge is 2.36. The lowest BCUT2D eigenvalue weighted by molar-refractivity contribution is -0.118. The first-order chi connectivity index (χ1) is 7.75. The molecule has 1 aromatic heterocycles. The van der Waals surface area contributed by atoms with Crippen molar-refractivity contribution in [1.29, 1.82) is 0 Å². The Bertz CT molecular complexity index is 434. The van der Waals surface area contributed by atoms with Gasteiger partial charge in [-0.3, -0.25) is 9.78 Å². The van der Waals surface area contributed by atoms with Crippen molar-refractivity contribution in [2.24, 2.45) is 0 Å². The van der Waals surface area contributed by atoms with Crippen molar-refractivity contribution in [2.75, 3.05) is 36.9 Å². The SMILES string of the molecule is CN1CCN2c3cnccc3NC(=O)C2C1. The van der Waals surface area contributed by atoms with Gasteiger partial charge in [0.2, 0.25) is 5.91 Å². The third kappa shape index (κ3) is 1.36. The van der Waals surface area contributed by atoms with Gasteiger partial charge in [0.1, 0.15) is 6.04 Å². The summed E-state index contributed by atoms with van der Waals surface area (Å²) < 4.78 is 0. The fraction of sp³-hybridized carbons (Fsp3) is 0.455. The molecule has 5 nitrogen and oxygen atoms in total. The summed E-state index contributed by atoms with van der Waals surface area (Å²) in [5.74, 6) is 0.0882. The Morgan fingerprint density at radius 2 is 2.38 bits per heavy atom. The molecule has 1 N–H and O–H groups in total. The Labute approximate surface area is 94.1 Å². The number of hydrogen-bond donors (Lipinski definition) is 1. The number of likely N-dealkylation sites (N-methyl/N-ethyl adjacent to an activating group) is 1. The van der Waals surface area contributed by atoms with Crippen LogP contribution in [0, 0.1) is 0 Å². The van der Waals surface area contributed by atoms with Gasteiger partial charge in [0, 0.05) is 25.8 Å². The first kappa shape index (κ1) is 9.59. The van der Waals surface area contributed by atoms with Crippen molar-refractivity contribution in [3.63, 3.8) is 0 Å². The van der Waals surface area contributed by atoms with Crippen LogP contribution in [0.3, 0.4) is 0 Å². The van der Waals surface area contributed by atoms with Crippen LogP contribution >= 0.6 is 0 Å². The van der Waals surface area contributed by atoms with Crippen molar-refractivity contribution in [3.8, 4) is 0 Å². The lowest BCUT2D eigenvalue weighted by Crippen LogP contribution is -2.59. The number of nitrogens with one attached hydrogen (secondary N) is 1. The molecule has 16 heavy (non-hydrogen) atoms. The van der Waals surface area contributed by atoms with Gasteiger partial charge in [-0.1, -0.05) is 0 Å². The third-order valence-corrected chi connectivity index (χ3v) is 3.25. The van der Waals surface area contributed by atoms with E-state index in [1.807, 2.05) is 19.3 Å². The van der Waals surface area contributed by atoms with Gasteiger partial charge in [0.25, 0.3) is 0 Å². The Hall–Kier alpha value is -1.62. The van der Waals surface area contributed by atoms with E-state index in [1.165, 1.54) is 0 Å². The normalized spacial score (nSPS) is 24.7. The lowest BCUT2D eigenvalue weighted by atomic mass is 10.1. The number of fused-ring (bicyclic) bond motifs is 3. The summed E-state index contributed by atoms with van der Waals surface area (Å²) in [6.07, 6.45) is 3.53. The Morgan fingerprint density at radius 1 is 1.50 bits per heavy atom. The highest BCUT2D eigenvalue weighted by Crippen LogP contribution is 2.32. The smallest absolute Gasteiger partial charge is 0.248 e. The minimum absolute atomic E-state index is 0.0737. The number of aromatic nitrogens is 1. The Morgan fingerprint density at radius 3 is 3.25 bits per heavy atom. The van der Waals surface area contributed by atoms with Gasteiger partial charge in [0.05, 0.1) is 17.6 Å². The zero-order valence-corrected chi connectivity index (χ0v) is 9.18. The van der Waals surface area contributed by atoms with Crippen molar-refractivity contribution < 1.29 is 4.79 Å². The number of carbonyl (C=O) groups is 1. The second-order valence-electron chi connectivity index (χ2n) is 4.35. The summed E-state index contributed by atoms with van der Waals surface area (Å²) in [5, 5.41) is 2.93. The molecule has 2 aliphatic rings. The van der Waals surface area contributed by atoms with E-state index in [4.69, 9.17) is 0 Å². The fourth-order valence-electron chi connectivity index (χ4n) is 2.37. The molecular formula is C11H14N4O. The summed E-state index contributed by atoms with van der Waals surface area (Å²) in [7, 11) is 2.05. The van der Waals surface area contributed by atoms with Crippen LogP contribution in [0.4, 0.5) is 11.4 Å². The Balaban J connectivity index is 2.01. The summed E-state index contributed by atoms with van der Waals surface area (Å²) in [6, 6.07) is 1.78. The third-order valence-electron chi connectivity index (χ3n) is 3.25. The number of amides is 1. The second-order valence-corrected chi connectivity index (χ2v) is 4.35. The molecule has 3 heterocycles. The van der Waals surface area contributed by atoms with Gasteiger partial charge >= 0.3 is 0 Å². The minimum Gasteiger partial charge on any atom is -0.354 e. The standard InChI is InChI=1S/C11H14N4O/c1-14-4-5-15-9-6-12-3-2-8(9)13-11(16)10(15)7-14/h2-3,6,10H,4-5,7H2,1H3,(H,13,16). The largest absolute Gasteiger partial charge is 0.354 e. The van der Waals surface area contributed by atoms with E-state index in [1.54, 1.807) is 6.20 Å².